The maximum Gasteiger partial charge on any atom is 0.0467 e. The lowest BCUT2D eigenvalue weighted by atomic mass is 10.1. The molecule has 1 N–H and O–H groups in total. The molecule has 0 bridgehead atoms. The van der Waals surface area contributed by atoms with Crippen LogP contribution in [0.1, 0.15) is 31.2 Å². The molecule has 0 aliphatic rings. The average Bonchev–Trinajstić information content (AvgIpc) is 2.26. The predicted octanol–water partition coefficient (Wildman–Crippen LogP) is 4.97. The zero-order chi connectivity index (χ0) is 12.7. The van der Waals surface area contributed by atoms with Crippen LogP contribution in [0.5, 0.6) is 0 Å². The van der Waals surface area contributed by atoms with Crippen LogP contribution in [-0.2, 0) is 6.42 Å². The van der Waals surface area contributed by atoms with Crippen molar-refractivity contribution in [3.8, 4) is 0 Å². The van der Waals surface area contributed by atoms with Crippen LogP contribution in [0.15, 0.2) is 12.1 Å². The lowest BCUT2D eigenvalue weighted by molar-refractivity contribution is 0.616. The largest absolute Gasteiger partial charge is 0.320 e. The summed E-state index contributed by atoms with van der Waals surface area (Å²) in [6, 6.07) is 3.51. The third kappa shape index (κ3) is 5.48. The SMILES string of the molecule is CNCCCCCCc1c(Cl)cc(Cl)cc1Cl. The van der Waals surface area contributed by atoms with E-state index in [0.717, 1.165) is 24.9 Å². The summed E-state index contributed by atoms with van der Waals surface area (Å²) in [6.45, 7) is 1.09. The molecule has 0 saturated heterocycles. The van der Waals surface area contributed by atoms with Gasteiger partial charge in [0.2, 0.25) is 0 Å². The summed E-state index contributed by atoms with van der Waals surface area (Å²) in [5.74, 6) is 0. The van der Waals surface area contributed by atoms with Gasteiger partial charge in [-0.15, -0.1) is 0 Å². The number of unbranched alkanes of at least 4 members (excludes halogenated alkanes) is 3. The first kappa shape index (κ1) is 15.1. The van der Waals surface area contributed by atoms with Crippen molar-refractivity contribution in [3.63, 3.8) is 0 Å². The van der Waals surface area contributed by atoms with Crippen molar-refractivity contribution in [3.05, 3.63) is 32.8 Å². The lowest BCUT2D eigenvalue weighted by Crippen LogP contribution is -2.06. The number of rotatable bonds is 7. The molecule has 17 heavy (non-hydrogen) atoms. The summed E-state index contributed by atoms with van der Waals surface area (Å²) >= 11 is 18.1. The highest BCUT2D eigenvalue weighted by atomic mass is 35.5. The van der Waals surface area contributed by atoms with Crippen molar-refractivity contribution in [2.24, 2.45) is 0 Å². The Kier molecular flexibility index (Phi) is 7.29. The van der Waals surface area contributed by atoms with Crippen LogP contribution in [0.3, 0.4) is 0 Å². The fourth-order valence-corrected chi connectivity index (χ4v) is 2.77. The van der Waals surface area contributed by atoms with Gasteiger partial charge in [-0.1, -0.05) is 47.6 Å². The van der Waals surface area contributed by atoms with E-state index in [1.54, 1.807) is 12.1 Å². The molecule has 0 amide bonds. The number of halogens is 3. The van der Waals surface area contributed by atoms with Crippen LogP contribution >= 0.6 is 34.8 Å². The zero-order valence-electron chi connectivity index (χ0n) is 10.0. The highest BCUT2D eigenvalue weighted by Crippen LogP contribution is 2.30. The topological polar surface area (TPSA) is 12.0 Å². The van der Waals surface area contributed by atoms with Crippen molar-refractivity contribution in [2.45, 2.75) is 32.1 Å². The van der Waals surface area contributed by atoms with E-state index in [2.05, 4.69) is 5.32 Å². The van der Waals surface area contributed by atoms with Gasteiger partial charge < -0.3 is 5.32 Å². The van der Waals surface area contributed by atoms with Gasteiger partial charge in [-0.25, -0.2) is 0 Å². The van der Waals surface area contributed by atoms with Gasteiger partial charge in [-0.2, -0.15) is 0 Å². The molecule has 1 aromatic rings. The van der Waals surface area contributed by atoms with E-state index in [1.165, 1.54) is 19.3 Å². The minimum atomic E-state index is 0.595. The van der Waals surface area contributed by atoms with Crippen LogP contribution in [0.4, 0.5) is 0 Å². The Morgan fingerprint density at radius 2 is 1.53 bits per heavy atom. The van der Waals surface area contributed by atoms with E-state index >= 15 is 0 Å². The fourth-order valence-electron chi connectivity index (χ4n) is 1.77. The molecule has 1 nitrogen and oxygen atoms in total. The molecule has 0 aliphatic heterocycles. The van der Waals surface area contributed by atoms with Crippen LogP contribution < -0.4 is 5.32 Å². The summed E-state index contributed by atoms with van der Waals surface area (Å²) in [7, 11) is 1.98. The van der Waals surface area contributed by atoms with E-state index in [0.29, 0.717) is 15.1 Å². The van der Waals surface area contributed by atoms with Gasteiger partial charge >= 0.3 is 0 Å². The van der Waals surface area contributed by atoms with Crippen LogP contribution in [0, 0.1) is 0 Å². The molecule has 0 fully saturated rings. The summed E-state index contributed by atoms with van der Waals surface area (Å²) < 4.78 is 0. The molecule has 1 aromatic carbocycles. The summed E-state index contributed by atoms with van der Waals surface area (Å²) in [6.07, 6.45) is 5.71. The molecule has 0 atom stereocenters. The second-order valence-electron chi connectivity index (χ2n) is 4.12. The Balaban J connectivity index is 2.36. The zero-order valence-corrected chi connectivity index (χ0v) is 12.3. The quantitative estimate of drug-likeness (QED) is 0.700. The number of nitrogens with one attached hydrogen (secondary N) is 1. The first-order valence-electron chi connectivity index (χ1n) is 5.93. The standard InChI is InChI=1S/C13H18Cl3N/c1-17-7-5-3-2-4-6-11-12(15)8-10(14)9-13(11)16/h8-9,17H,2-7H2,1H3. The van der Waals surface area contributed by atoms with Crippen LogP contribution in [0.25, 0.3) is 0 Å². The molecular formula is C13H18Cl3N. The number of benzene rings is 1. The van der Waals surface area contributed by atoms with Crippen molar-refractivity contribution >= 4 is 34.8 Å². The van der Waals surface area contributed by atoms with Crippen molar-refractivity contribution < 1.29 is 0 Å². The number of hydrogen-bond donors (Lipinski definition) is 1. The third-order valence-electron chi connectivity index (χ3n) is 2.71. The van der Waals surface area contributed by atoms with E-state index in [1.807, 2.05) is 7.05 Å². The molecule has 0 radical (unpaired) electrons. The molecule has 0 aliphatic carbocycles. The first-order valence-corrected chi connectivity index (χ1v) is 7.06. The molecule has 0 spiro atoms. The molecule has 96 valence electrons. The minimum Gasteiger partial charge on any atom is -0.320 e. The van der Waals surface area contributed by atoms with Gasteiger partial charge in [0, 0.05) is 15.1 Å². The molecular weight excluding hydrogens is 277 g/mol. The van der Waals surface area contributed by atoms with Crippen molar-refractivity contribution in [2.75, 3.05) is 13.6 Å². The molecule has 0 saturated carbocycles. The van der Waals surface area contributed by atoms with Gasteiger partial charge in [0.15, 0.2) is 0 Å². The van der Waals surface area contributed by atoms with E-state index in [4.69, 9.17) is 34.8 Å². The number of hydrogen-bond acceptors (Lipinski definition) is 1. The minimum absolute atomic E-state index is 0.595. The Morgan fingerprint density at radius 3 is 2.12 bits per heavy atom. The Morgan fingerprint density at radius 1 is 0.941 bits per heavy atom. The second-order valence-corrected chi connectivity index (χ2v) is 5.37. The van der Waals surface area contributed by atoms with Crippen molar-refractivity contribution in [1.29, 1.82) is 0 Å². The predicted molar refractivity (Wildman–Crippen MR) is 77.6 cm³/mol. The molecule has 4 heteroatoms. The smallest absolute Gasteiger partial charge is 0.0467 e. The van der Waals surface area contributed by atoms with Gasteiger partial charge in [-0.3, -0.25) is 0 Å². The molecule has 0 aromatic heterocycles. The van der Waals surface area contributed by atoms with Crippen LogP contribution in [-0.4, -0.2) is 13.6 Å². The third-order valence-corrected chi connectivity index (χ3v) is 3.60. The van der Waals surface area contributed by atoms with E-state index in [-0.39, 0.29) is 0 Å². The Bertz CT molecular complexity index is 330. The Hall–Kier alpha value is 0.0500. The highest BCUT2D eigenvalue weighted by Gasteiger charge is 2.07. The molecule has 0 unspecified atom stereocenters. The molecule has 1 rings (SSSR count). The maximum absolute atomic E-state index is 6.12. The van der Waals surface area contributed by atoms with Gasteiger partial charge in [0.25, 0.3) is 0 Å². The first-order chi connectivity index (χ1) is 8.15. The van der Waals surface area contributed by atoms with E-state index < -0.39 is 0 Å². The highest BCUT2D eigenvalue weighted by molar-refractivity contribution is 6.39. The fraction of sp³-hybridized carbons (Fsp3) is 0.538. The van der Waals surface area contributed by atoms with Gasteiger partial charge in [0.1, 0.15) is 0 Å². The van der Waals surface area contributed by atoms with Gasteiger partial charge in [0.05, 0.1) is 0 Å². The molecule has 0 heterocycles. The van der Waals surface area contributed by atoms with Crippen LogP contribution in [0.2, 0.25) is 15.1 Å². The Labute approximate surface area is 118 Å². The van der Waals surface area contributed by atoms with E-state index in [9.17, 15) is 0 Å². The van der Waals surface area contributed by atoms with Crippen molar-refractivity contribution in [1.82, 2.24) is 5.32 Å². The lowest BCUT2D eigenvalue weighted by Gasteiger charge is -2.07. The maximum atomic E-state index is 6.12. The summed E-state index contributed by atoms with van der Waals surface area (Å²) in [4.78, 5) is 0. The normalized spacial score (nSPS) is 10.8. The monoisotopic (exact) mass is 293 g/mol. The second kappa shape index (κ2) is 8.20. The summed E-state index contributed by atoms with van der Waals surface area (Å²) in [5.41, 5.74) is 1.02. The summed E-state index contributed by atoms with van der Waals surface area (Å²) in [5, 5.41) is 5.10. The van der Waals surface area contributed by atoms with Gasteiger partial charge in [-0.05, 0) is 50.6 Å². The average molecular weight is 295 g/mol.